The van der Waals surface area contributed by atoms with Crippen LogP contribution in [0.25, 0.3) is 0 Å². The number of hydrogen-bond acceptors (Lipinski definition) is 6. The van der Waals surface area contributed by atoms with Crippen molar-refractivity contribution in [2.24, 2.45) is 0 Å². The van der Waals surface area contributed by atoms with E-state index in [1.807, 2.05) is 6.92 Å². The fraction of sp³-hybridized carbons (Fsp3) is 0.0476. The van der Waals surface area contributed by atoms with Crippen LogP contribution in [0.2, 0.25) is 0 Å². The van der Waals surface area contributed by atoms with Crippen molar-refractivity contribution in [1.82, 2.24) is 0 Å². The molecule has 0 atom stereocenters. The number of hydrogen-bond donors (Lipinski definition) is 2. The zero-order valence-corrected chi connectivity index (χ0v) is 16.2. The Bertz CT molecular complexity index is 1170. The first-order valence-electron chi connectivity index (χ1n) is 8.97. The molecule has 31 heavy (non-hydrogen) atoms. The first-order valence-corrected chi connectivity index (χ1v) is 8.97. The molecule has 0 bridgehead atoms. The van der Waals surface area contributed by atoms with Crippen molar-refractivity contribution in [3.8, 4) is 0 Å². The van der Waals surface area contributed by atoms with Gasteiger partial charge in [0.1, 0.15) is 0 Å². The van der Waals surface area contributed by atoms with E-state index in [-0.39, 0.29) is 22.5 Å². The summed E-state index contributed by atoms with van der Waals surface area (Å²) in [7, 11) is 0. The number of carbonyl (C=O) groups is 2. The SMILES string of the molecule is Cc1ccc(NC(=O)c2ccc([N+](=O)[O-])cc2)c(NC(=O)c2ccc([N+](=O)[O-])cc2)c1. The van der Waals surface area contributed by atoms with Crippen molar-refractivity contribution in [2.45, 2.75) is 6.92 Å². The summed E-state index contributed by atoms with van der Waals surface area (Å²) in [6.07, 6.45) is 0. The molecule has 0 aliphatic heterocycles. The molecule has 10 heteroatoms. The van der Waals surface area contributed by atoms with Gasteiger partial charge in [-0.1, -0.05) is 6.07 Å². The highest BCUT2D eigenvalue weighted by Crippen LogP contribution is 2.25. The third kappa shape index (κ3) is 5.07. The van der Waals surface area contributed by atoms with Crippen molar-refractivity contribution in [3.05, 3.63) is 104 Å². The molecule has 156 valence electrons. The molecule has 0 heterocycles. The molecule has 10 nitrogen and oxygen atoms in total. The summed E-state index contributed by atoms with van der Waals surface area (Å²) in [5, 5.41) is 26.9. The normalized spacial score (nSPS) is 10.2. The Balaban J connectivity index is 1.80. The minimum atomic E-state index is -0.562. The van der Waals surface area contributed by atoms with Gasteiger partial charge in [0.05, 0.1) is 21.2 Å². The largest absolute Gasteiger partial charge is 0.320 e. The first kappa shape index (κ1) is 21.1. The van der Waals surface area contributed by atoms with Gasteiger partial charge in [0.2, 0.25) is 0 Å². The molecular formula is C21H16N4O6. The van der Waals surface area contributed by atoms with Crippen LogP contribution in [0.1, 0.15) is 26.3 Å². The number of non-ortho nitro benzene ring substituents is 2. The van der Waals surface area contributed by atoms with E-state index in [2.05, 4.69) is 10.6 Å². The quantitative estimate of drug-likeness (QED) is 0.449. The van der Waals surface area contributed by atoms with Crippen LogP contribution in [0.5, 0.6) is 0 Å². The van der Waals surface area contributed by atoms with E-state index < -0.39 is 21.7 Å². The van der Waals surface area contributed by atoms with Crippen molar-refractivity contribution >= 4 is 34.6 Å². The lowest BCUT2D eigenvalue weighted by Gasteiger charge is -2.13. The Morgan fingerprint density at radius 2 is 1.10 bits per heavy atom. The van der Waals surface area contributed by atoms with E-state index in [9.17, 15) is 29.8 Å². The summed E-state index contributed by atoms with van der Waals surface area (Å²) < 4.78 is 0. The molecule has 0 radical (unpaired) electrons. The van der Waals surface area contributed by atoms with Crippen molar-refractivity contribution in [2.75, 3.05) is 10.6 Å². The molecule has 2 N–H and O–H groups in total. The van der Waals surface area contributed by atoms with Gasteiger partial charge < -0.3 is 10.6 Å². The average molecular weight is 420 g/mol. The lowest BCUT2D eigenvalue weighted by molar-refractivity contribution is -0.385. The smallest absolute Gasteiger partial charge is 0.269 e. The summed E-state index contributed by atoms with van der Waals surface area (Å²) in [5.41, 5.74) is 1.62. The number of amides is 2. The van der Waals surface area contributed by atoms with E-state index in [1.165, 1.54) is 48.5 Å². The molecule has 0 saturated heterocycles. The van der Waals surface area contributed by atoms with E-state index in [0.29, 0.717) is 11.4 Å². The fourth-order valence-corrected chi connectivity index (χ4v) is 2.73. The molecule has 0 unspecified atom stereocenters. The number of nitro groups is 2. The monoisotopic (exact) mass is 420 g/mol. The lowest BCUT2D eigenvalue weighted by Crippen LogP contribution is -2.17. The van der Waals surface area contributed by atoms with Crippen LogP contribution in [0, 0.1) is 27.2 Å². The van der Waals surface area contributed by atoms with Crippen LogP contribution in [-0.4, -0.2) is 21.7 Å². The van der Waals surface area contributed by atoms with Crippen molar-refractivity contribution < 1.29 is 19.4 Å². The lowest BCUT2D eigenvalue weighted by atomic mass is 10.1. The van der Waals surface area contributed by atoms with E-state index in [4.69, 9.17) is 0 Å². The van der Waals surface area contributed by atoms with Gasteiger partial charge in [0.25, 0.3) is 23.2 Å². The van der Waals surface area contributed by atoms with Gasteiger partial charge >= 0.3 is 0 Å². The highest BCUT2D eigenvalue weighted by molar-refractivity contribution is 6.10. The molecule has 0 saturated carbocycles. The summed E-state index contributed by atoms with van der Waals surface area (Å²) in [5.74, 6) is -1.02. The Labute approximate surface area is 175 Å². The summed E-state index contributed by atoms with van der Waals surface area (Å²) in [4.78, 5) is 45.5. The minimum Gasteiger partial charge on any atom is -0.320 e. The number of nitrogens with one attached hydrogen (secondary N) is 2. The van der Waals surface area contributed by atoms with E-state index in [1.54, 1.807) is 18.2 Å². The second-order valence-corrected chi connectivity index (χ2v) is 6.57. The number of nitro benzene ring substituents is 2. The minimum absolute atomic E-state index is 0.136. The van der Waals surface area contributed by atoms with E-state index >= 15 is 0 Å². The van der Waals surface area contributed by atoms with Crippen LogP contribution in [-0.2, 0) is 0 Å². The average Bonchev–Trinajstić information content (AvgIpc) is 2.75. The molecule has 0 aliphatic carbocycles. The molecule has 3 aromatic carbocycles. The number of benzene rings is 3. The Kier molecular flexibility index (Phi) is 6.01. The van der Waals surface area contributed by atoms with Gasteiger partial charge in [0, 0.05) is 35.4 Å². The predicted octanol–water partition coefficient (Wildman–Crippen LogP) is 4.32. The highest BCUT2D eigenvalue weighted by Gasteiger charge is 2.15. The van der Waals surface area contributed by atoms with Gasteiger partial charge in [0.15, 0.2) is 0 Å². The second kappa shape index (κ2) is 8.82. The number of nitrogens with zero attached hydrogens (tertiary/aromatic N) is 2. The zero-order valence-electron chi connectivity index (χ0n) is 16.2. The van der Waals surface area contributed by atoms with Gasteiger partial charge in [-0.3, -0.25) is 29.8 Å². The molecule has 0 spiro atoms. The molecule has 0 aromatic heterocycles. The number of rotatable bonds is 6. The summed E-state index contributed by atoms with van der Waals surface area (Å²) in [6, 6.07) is 15.2. The maximum atomic E-state index is 12.6. The fourth-order valence-electron chi connectivity index (χ4n) is 2.73. The van der Waals surface area contributed by atoms with Crippen LogP contribution < -0.4 is 10.6 Å². The molecular weight excluding hydrogens is 404 g/mol. The van der Waals surface area contributed by atoms with Crippen LogP contribution >= 0.6 is 0 Å². The van der Waals surface area contributed by atoms with Gasteiger partial charge in [-0.15, -0.1) is 0 Å². The topological polar surface area (TPSA) is 144 Å². The Morgan fingerprint density at radius 3 is 1.52 bits per heavy atom. The Morgan fingerprint density at radius 1 is 0.677 bits per heavy atom. The van der Waals surface area contributed by atoms with Crippen LogP contribution in [0.4, 0.5) is 22.7 Å². The van der Waals surface area contributed by atoms with Gasteiger partial charge in [-0.2, -0.15) is 0 Å². The predicted molar refractivity (Wildman–Crippen MR) is 113 cm³/mol. The van der Waals surface area contributed by atoms with E-state index in [0.717, 1.165) is 5.56 Å². The standard InChI is InChI=1S/C21H16N4O6/c1-13-2-11-18(22-20(26)14-3-7-16(8-4-14)24(28)29)19(12-13)23-21(27)15-5-9-17(10-6-15)25(30)31/h2-12H,1H3,(H,22,26)(H,23,27). The van der Waals surface area contributed by atoms with Crippen molar-refractivity contribution in [3.63, 3.8) is 0 Å². The molecule has 0 aliphatic rings. The molecule has 3 rings (SSSR count). The summed E-state index contributed by atoms with van der Waals surface area (Å²) >= 11 is 0. The molecule has 3 aromatic rings. The van der Waals surface area contributed by atoms with Gasteiger partial charge in [-0.25, -0.2) is 0 Å². The second-order valence-electron chi connectivity index (χ2n) is 6.57. The van der Waals surface area contributed by atoms with Gasteiger partial charge in [-0.05, 0) is 48.9 Å². The molecule has 2 amide bonds. The third-order valence-electron chi connectivity index (χ3n) is 4.35. The third-order valence-corrected chi connectivity index (χ3v) is 4.35. The first-order chi connectivity index (χ1) is 14.7. The van der Waals surface area contributed by atoms with Crippen LogP contribution in [0.3, 0.4) is 0 Å². The number of aryl methyl sites for hydroxylation is 1. The summed E-state index contributed by atoms with van der Waals surface area (Å²) in [6.45, 7) is 1.81. The molecule has 0 fully saturated rings. The number of anilines is 2. The maximum absolute atomic E-state index is 12.6. The zero-order chi connectivity index (χ0) is 22.5. The maximum Gasteiger partial charge on any atom is 0.269 e. The highest BCUT2D eigenvalue weighted by atomic mass is 16.6. The number of carbonyl (C=O) groups excluding carboxylic acids is 2. The van der Waals surface area contributed by atoms with Crippen LogP contribution in [0.15, 0.2) is 66.7 Å². The van der Waals surface area contributed by atoms with Crippen molar-refractivity contribution in [1.29, 1.82) is 0 Å². The Hall–Kier alpha value is -4.60.